The van der Waals surface area contributed by atoms with Crippen LogP contribution in [0.25, 0.3) is 0 Å². The molecule has 1 fully saturated rings. The molecule has 2 atom stereocenters. The van der Waals surface area contributed by atoms with E-state index >= 15 is 0 Å². The van der Waals surface area contributed by atoms with Crippen LogP contribution < -0.4 is 10.2 Å². The van der Waals surface area contributed by atoms with Crippen LogP contribution in [0, 0.1) is 5.82 Å². The van der Waals surface area contributed by atoms with Crippen molar-refractivity contribution in [3.8, 4) is 0 Å². The predicted molar refractivity (Wildman–Crippen MR) is 104 cm³/mol. The van der Waals surface area contributed by atoms with E-state index in [-0.39, 0.29) is 48.5 Å². The van der Waals surface area contributed by atoms with Crippen LogP contribution in [-0.2, 0) is 9.59 Å². The molecule has 7 nitrogen and oxygen atoms in total. The monoisotopic (exact) mass is 391 g/mol. The van der Waals surface area contributed by atoms with Crippen molar-refractivity contribution in [2.45, 2.75) is 31.3 Å². The molecule has 2 amide bonds. The summed E-state index contributed by atoms with van der Waals surface area (Å²) in [6.07, 6.45) is 1.00. The molecule has 3 aromatic rings. The first-order valence-electron chi connectivity index (χ1n) is 9.49. The SMILES string of the molecule is O=C1CCC(=O)N1c1nc2n(n1)[C@H](c1ccc(F)cc1)C[C@H](c1ccccc1)N2. The highest BCUT2D eigenvalue weighted by Crippen LogP contribution is 2.39. The van der Waals surface area contributed by atoms with Crippen LogP contribution in [0.15, 0.2) is 54.6 Å². The van der Waals surface area contributed by atoms with Crippen LogP contribution in [0.2, 0.25) is 0 Å². The Morgan fingerprint density at radius 1 is 0.931 bits per heavy atom. The molecule has 0 saturated carbocycles. The van der Waals surface area contributed by atoms with E-state index in [0.717, 1.165) is 16.0 Å². The summed E-state index contributed by atoms with van der Waals surface area (Å²) in [5.74, 6) is -0.343. The average molecular weight is 391 g/mol. The fraction of sp³-hybridized carbons (Fsp3) is 0.238. The fourth-order valence-electron chi connectivity index (χ4n) is 3.93. The Kier molecular flexibility index (Phi) is 4.12. The molecule has 2 aliphatic heterocycles. The number of imide groups is 1. The largest absolute Gasteiger partial charge is 0.347 e. The van der Waals surface area contributed by atoms with Crippen molar-refractivity contribution in [3.05, 3.63) is 71.5 Å². The number of rotatable bonds is 3. The lowest BCUT2D eigenvalue weighted by Gasteiger charge is -2.31. The molecule has 2 aliphatic rings. The van der Waals surface area contributed by atoms with Crippen molar-refractivity contribution in [2.75, 3.05) is 10.2 Å². The number of carbonyl (C=O) groups excluding carboxylic acids is 2. The molecular weight excluding hydrogens is 373 g/mol. The number of hydrogen-bond donors (Lipinski definition) is 1. The maximum Gasteiger partial charge on any atom is 0.260 e. The summed E-state index contributed by atoms with van der Waals surface area (Å²) >= 11 is 0. The first-order valence-corrected chi connectivity index (χ1v) is 9.49. The summed E-state index contributed by atoms with van der Waals surface area (Å²) in [5, 5.41) is 7.84. The van der Waals surface area contributed by atoms with Gasteiger partial charge >= 0.3 is 0 Å². The van der Waals surface area contributed by atoms with Gasteiger partial charge in [0.2, 0.25) is 17.8 Å². The van der Waals surface area contributed by atoms with Crippen LogP contribution in [0.5, 0.6) is 0 Å². The van der Waals surface area contributed by atoms with E-state index in [4.69, 9.17) is 0 Å². The summed E-state index contributed by atoms with van der Waals surface area (Å²) < 4.78 is 15.1. The van der Waals surface area contributed by atoms with Gasteiger partial charge in [-0.05, 0) is 29.7 Å². The number of carbonyl (C=O) groups is 2. The zero-order valence-electron chi connectivity index (χ0n) is 15.5. The smallest absolute Gasteiger partial charge is 0.260 e. The maximum absolute atomic E-state index is 13.5. The summed E-state index contributed by atoms with van der Waals surface area (Å²) in [6.45, 7) is 0. The van der Waals surface area contributed by atoms with E-state index in [1.165, 1.54) is 12.1 Å². The van der Waals surface area contributed by atoms with Gasteiger partial charge in [-0.1, -0.05) is 42.5 Å². The second-order valence-electron chi connectivity index (χ2n) is 7.21. The Balaban J connectivity index is 1.58. The Labute approximate surface area is 166 Å². The number of anilines is 2. The Morgan fingerprint density at radius 2 is 1.62 bits per heavy atom. The van der Waals surface area contributed by atoms with E-state index in [1.54, 1.807) is 16.8 Å². The minimum Gasteiger partial charge on any atom is -0.347 e. The normalized spacial score (nSPS) is 21.2. The predicted octanol–water partition coefficient (Wildman–Crippen LogP) is 3.22. The van der Waals surface area contributed by atoms with Gasteiger partial charge in [-0.2, -0.15) is 4.98 Å². The van der Waals surface area contributed by atoms with Gasteiger partial charge in [-0.25, -0.2) is 14.0 Å². The molecule has 0 radical (unpaired) electrons. The molecule has 8 heteroatoms. The molecule has 5 rings (SSSR count). The lowest BCUT2D eigenvalue weighted by atomic mass is 9.93. The number of hydrogen-bond acceptors (Lipinski definition) is 5. The Hall–Kier alpha value is -3.55. The third-order valence-corrected chi connectivity index (χ3v) is 5.39. The number of fused-ring (bicyclic) bond motifs is 1. The van der Waals surface area contributed by atoms with E-state index < -0.39 is 0 Å². The first kappa shape index (κ1) is 17.5. The second kappa shape index (κ2) is 6.80. The highest BCUT2D eigenvalue weighted by atomic mass is 19.1. The quantitative estimate of drug-likeness (QED) is 0.694. The van der Waals surface area contributed by atoms with Gasteiger partial charge in [0, 0.05) is 12.8 Å². The molecule has 0 aliphatic carbocycles. The summed E-state index contributed by atoms with van der Waals surface area (Å²) in [7, 11) is 0. The minimum atomic E-state index is -0.310. The zero-order chi connectivity index (χ0) is 20.0. The van der Waals surface area contributed by atoms with Crippen molar-refractivity contribution in [2.24, 2.45) is 0 Å². The van der Waals surface area contributed by atoms with Crippen molar-refractivity contribution in [1.82, 2.24) is 14.8 Å². The molecule has 0 bridgehead atoms. The number of nitrogens with zero attached hydrogens (tertiary/aromatic N) is 4. The number of benzene rings is 2. The molecule has 1 N–H and O–H groups in total. The standard InChI is InChI=1S/C21H18FN5O2/c22-15-8-6-14(7-9-15)17-12-16(13-4-2-1-3-5-13)23-20-24-21(25-27(17)20)26-18(28)10-11-19(26)29/h1-9,16-17H,10-12H2,(H,23,24,25)/t16-,17+/m1/s1. The number of amides is 2. The summed E-state index contributed by atoms with van der Waals surface area (Å²) in [6, 6.07) is 16.0. The zero-order valence-corrected chi connectivity index (χ0v) is 15.5. The molecule has 29 heavy (non-hydrogen) atoms. The van der Waals surface area contributed by atoms with Gasteiger partial charge in [0.05, 0.1) is 12.1 Å². The van der Waals surface area contributed by atoms with Gasteiger partial charge in [-0.3, -0.25) is 9.59 Å². The Bertz CT molecular complexity index is 1060. The maximum atomic E-state index is 13.5. The van der Waals surface area contributed by atoms with Gasteiger partial charge in [-0.15, -0.1) is 5.10 Å². The molecular formula is C21H18FN5O2. The third kappa shape index (κ3) is 3.06. The van der Waals surface area contributed by atoms with Gasteiger partial charge in [0.15, 0.2) is 0 Å². The number of aromatic nitrogens is 3. The summed E-state index contributed by atoms with van der Waals surface area (Å²) in [4.78, 5) is 29.8. The van der Waals surface area contributed by atoms with Gasteiger partial charge in [0.1, 0.15) is 5.82 Å². The molecule has 1 saturated heterocycles. The lowest BCUT2D eigenvalue weighted by molar-refractivity contribution is -0.121. The average Bonchev–Trinajstić information content (AvgIpc) is 3.30. The van der Waals surface area contributed by atoms with Crippen LogP contribution >= 0.6 is 0 Å². The molecule has 146 valence electrons. The first-order chi connectivity index (χ1) is 14.1. The van der Waals surface area contributed by atoms with Crippen molar-refractivity contribution in [1.29, 1.82) is 0 Å². The minimum absolute atomic E-state index is 0.0409. The van der Waals surface area contributed by atoms with Gasteiger partial charge < -0.3 is 5.32 Å². The topological polar surface area (TPSA) is 80.1 Å². The number of nitrogens with one attached hydrogen (secondary N) is 1. The molecule has 0 spiro atoms. The van der Waals surface area contributed by atoms with Crippen molar-refractivity contribution >= 4 is 23.7 Å². The van der Waals surface area contributed by atoms with E-state index in [2.05, 4.69) is 15.4 Å². The second-order valence-corrected chi connectivity index (χ2v) is 7.21. The van der Waals surface area contributed by atoms with Gasteiger partial charge in [0.25, 0.3) is 5.95 Å². The van der Waals surface area contributed by atoms with E-state index in [1.807, 2.05) is 30.3 Å². The van der Waals surface area contributed by atoms with Crippen LogP contribution in [-0.4, -0.2) is 26.6 Å². The van der Waals surface area contributed by atoms with E-state index in [9.17, 15) is 14.0 Å². The molecule has 3 heterocycles. The highest BCUT2D eigenvalue weighted by molar-refractivity contribution is 6.18. The van der Waals surface area contributed by atoms with E-state index in [0.29, 0.717) is 12.4 Å². The molecule has 0 unspecified atom stereocenters. The Morgan fingerprint density at radius 3 is 2.31 bits per heavy atom. The summed E-state index contributed by atoms with van der Waals surface area (Å²) in [5.41, 5.74) is 1.97. The van der Waals surface area contributed by atoms with Crippen LogP contribution in [0.1, 0.15) is 42.5 Å². The highest BCUT2D eigenvalue weighted by Gasteiger charge is 2.37. The van der Waals surface area contributed by atoms with Crippen molar-refractivity contribution in [3.63, 3.8) is 0 Å². The third-order valence-electron chi connectivity index (χ3n) is 5.39. The molecule has 1 aromatic heterocycles. The van der Waals surface area contributed by atoms with Crippen LogP contribution in [0.3, 0.4) is 0 Å². The fourth-order valence-corrected chi connectivity index (χ4v) is 3.93. The molecule has 2 aromatic carbocycles. The van der Waals surface area contributed by atoms with Crippen LogP contribution in [0.4, 0.5) is 16.3 Å². The lowest BCUT2D eigenvalue weighted by Crippen LogP contribution is -2.30. The number of halogens is 1. The van der Waals surface area contributed by atoms with Crippen molar-refractivity contribution < 1.29 is 14.0 Å².